The van der Waals surface area contributed by atoms with Crippen LogP contribution in [0.25, 0.3) is 0 Å². The lowest BCUT2D eigenvalue weighted by Gasteiger charge is -2.29. The van der Waals surface area contributed by atoms with Gasteiger partial charge in [-0.3, -0.25) is 4.79 Å². The van der Waals surface area contributed by atoms with Crippen molar-refractivity contribution in [2.75, 3.05) is 0 Å². The second-order valence-electron chi connectivity index (χ2n) is 7.40. The number of hydrogen-bond donors (Lipinski definition) is 2. The normalized spacial score (nSPS) is 21.0. The zero-order valence-electron chi connectivity index (χ0n) is 14.6. The molecule has 8 nitrogen and oxygen atoms in total. The van der Waals surface area contributed by atoms with Gasteiger partial charge < -0.3 is 15.6 Å². The maximum Gasteiger partial charge on any atom is 0.287 e. The number of rotatable bonds is 5. The fourth-order valence-corrected chi connectivity index (χ4v) is 3.69. The summed E-state index contributed by atoms with van der Waals surface area (Å²) in [6.45, 7) is 0. The highest BCUT2D eigenvalue weighted by Crippen LogP contribution is 2.38. The molecule has 3 N–H and O–H groups in total. The van der Waals surface area contributed by atoms with Gasteiger partial charge in [0.1, 0.15) is 11.4 Å². The summed E-state index contributed by atoms with van der Waals surface area (Å²) in [5, 5.41) is 11.7. The second kappa shape index (κ2) is 6.25. The number of hydrogen-bond acceptors (Lipinski definition) is 5. The van der Waals surface area contributed by atoms with Crippen LogP contribution in [0.3, 0.4) is 0 Å². The van der Waals surface area contributed by atoms with E-state index >= 15 is 0 Å². The molecule has 4 rings (SSSR count). The largest absolute Gasteiger partial charge is 0.341 e. The Morgan fingerprint density at radius 2 is 2.12 bits per heavy atom. The summed E-state index contributed by atoms with van der Waals surface area (Å²) in [6, 6.07) is -0.152. The molecule has 2 aliphatic carbocycles. The van der Waals surface area contributed by atoms with Crippen LogP contribution in [-0.4, -0.2) is 30.5 Å². The molecule has 0 unspecified atom stereocenters. The average molecular weight is 343 g/mol. The molecule has 0 spiro atoms. The van der Waals surface area contributed by atoms with Crippen molar-refractivity contribution in [2.45, 2.75) is 56.7 Å². The highest BCUT2D eigenvalue weighted by Gasteiger charge is 2.42. The highest BCUT2D eigenvalue weighted by atomic mass is 16.2. The lowest BCUT2D eigenvalue weighted by atomic mass is 9.82. The van der Waals surface area contributed by atoms with Crippen molar-refractivity contribution in [1.29, 1.82) is 0 Å². The van der Waals surface area contributed by atoms with Gasteiger partial charge in [0.05, 0.1) is 12.2 Å². The Hall–Kier alpha value is -2.22. The predicted molar refractivity (Wildman–Crippen MR) is 91.4 cm³/mol. The molecule has 0 bridgehead atoms. The number of aryl methyl sites for hydroxylation is 1. The van der Waals surface area contributed by atoms with E-state index in [2.05, 4.69) is 20.6 Å². The van der Waals surface area contributed by atoms with Gasteiger partial charge in [0.25, 0.3) is 5.91 Å². The summed E-state index contributed by atoms with van der Waals surface area (Å²) in [6.07, 6.45) is 13.0. The number of carbonyl (C=O) groups is 1. The Kier molecular flexibility index (Phi) is 4.07. The topological polar surface area (TPSA) is 104 Å². The smallest absolute Gasteiger partial charge is 0.287 e. The summed E-state index contributed by atoms with van der Waals surface area (Å²) in [5.74, 6) is 0.605. The fourth-order valence-electron chi connectivity index (χ4n) is 3.69. The molecular weight excluding hydrogens is 318 g/mol. The molecule has 2 aromatic rings. The van der Waals surface area contributed by atoms with E-state index in [-0.39, 0.29) is 17.6 Å². The molecule has 25 heavy (non-hydrogen) atoms. The molecule has 2 aromatic heterocycles. The molecule has 2 aliphatic rings. The maximum absolute atomic E-state index is 12.7. The lowest BCUT2D eigenvalue weighted by Crippen LogP contribution is -2.36. The SMILES string of the molecule is Cn1ccnc1C(=O)N[C@H](c1cn(C2(N)CC2)nn1)C1CCCCC1. The molecule has 2 saturated carbocycles. The van der Waals surface area contributed by atoms with Crippen molar-refractivity contribution in [1.82, 2.24) is 29.9 Å². The Bertz CT molecular complexity index is 755. The van der Waals surface area contributed by atoms with Crippen molar-refractivity contribution in [3.05, 3.63) is 30.1 Å². The summed E-state index contributed by atoms with van der Waals surface area (Å²) in [7, 11) is 1.82. The Labute approximate surface area is 146 Å². The first kappa shape index (κ1) is 16.3. The minimum absolute atomic E-state index is 0.152. The van der Waals surface area contributed by atoms with E-state index < -0.39 is 0 Å². The van der Waals surface area contributed by atoms with E-state index in [0.29, 0.717) is 11.7 Å². The molecule has 134 valence electrons. The van der Waals surface area contributed by atoms with Crippen molar-refractivity contribution in [3.8, 4) is 0 Å². The summed E-state index contributed by atoms with van der Waals surface area (Å²) < 4.78 is 3.48. The molecule has 2 heterocycles. The number of amides is 1. The minimum atomic E-state index is -0.383. The van der Waals surface area contributed by atoms with Gasteiger partial charge in [-0.05, 0) is 31.6 Å². The highest BCUT2D eigenvalue weighted by molar-refractivity contribution is 5.91. The van der Waals surface area contributed by atoms with E-state index in [1.54, 1.807) is 21.6 Å². The van der Waals surface area contributed by atoms with Crippen LogP contribution >= 0.6 is 0 Å². The third kappa shape index (κ3) is 3.18. The fraction of sp³-hybridized carbons (Fsp3) is 0.647. The Morgan fingerprint density at radius 3 is 2.76 bits per heavy atom. The molecule has 0 saturated heterocycles. The van der Waals surface area contributed by atoms with Crippen LogP contribution in [0.1, 0.15) is 67.3 Å². The van der Waals surface area contributed by atoms with Gasteiger partial charge in [0, 0.05) is 19.4 Å². The molecule has 8 heteroatoms. The van der Waals surface area contributed by atoms with Crippen LogP contribution < -0.4 is 11.1 Å². The molecule has 1 amide bonds. The second-order valence-corrected chi connectivity index (χ2v) is 7.40. The van der Waals surface area contributed by atoms with Gasteiger partial charge in [-0.2, -0.15) is 0 Å². The van der Waals surface area contributed by atoms with Crippen LogP contribution in [-0.2, 0) is 12.7 Å². The summed E-state index contributed by atoms with van der Waals surface area (Å²) >= 11 is 0. The maximum atomic E-state index is 12.7. The predicted octanol–water partition coefficient (Wildman–Crippen LogP) is 1.47. The van der Waals surface area contributed by atoms with Crippen molar-refractivity contribution in [3.63, 3.8) is 0 Å². The average Bonchev–Trinajstić information content (AvgIpc) is 3.03. The van der Waals surface area contributed by atoms with Crippen molar-refractivity contribution < 1.29 is 4.79 Å². The van der Waals surface area contributed by atoms with Gasteiger partial charge in [-0.15, -0.1) is 5.10 Å². The monoisotopic (exact) mass is 343 g/mol. The number of carbonyl (C=O) groups excluding carboxylic acids is 1. The summed E-state index contributed by atoms with van der Waals surface area (Å²) in [5.41, 5.74) is 6.63. The van der Waals surface area contributed by atoms with Crippen LogP contribution in [0, 0.1) is 5.92 Å². The number of imidazole rings is 1. The van der Waals surface area contributed by atoms with E-state index in [0.717, 1.165) is 31.4 Å². The third-order valence-electron chi connectivity index (χ3n) is 5.48. The van der Waals surface area contributed by atoms with E-state index in [4.69, 9.17) is 5.73 Å². The first-order valence-corrected chi connectivity index (χ1v) is 9.07. The Morgan fingerprint density at radius 1 is 1.36 bits per heavy atom. The van der Waals surface area contributed by atoms with Gasteiger partial charge in [0.2, 0.25) is 0 Å². The van der Waals surface area contributed by atoms with E-state index in [9.17, 15) is 4.79 Å². The van der Waals surface area contributed by atoms with Crippen LogP contribution in [0.4, 0.5) is 0 Å². The van der Waals surface area contributed by atoms with Crippen molar-refractivity contribution >= 4 is 5.91 Å². The standard InChI is InChI=1S/C17H25N7O/c1-23-10-9-19-15(23)16(25)20-14(12-5-3-2-4-6-12)13-11-24(22-21-13)17(18)7-8-17/h9-12,14H,2-8,18H2,1H3,(H,20,25)/t14-/m0/s1. The zero-order valence-corrected chi connectivity index (χ0v) is 14.6. The van der Waals surface area contributed by atoms with Crippen LogP contribution in [0.15, 0.2) is 18.6 Å². The Balaban J connectivity index is 1.58. The van der Waals surface area contributed by atoms with Crippen LogP contribution in [0.5, 0.6) is 0 Å². The van der Waals surface area contributed by atoms with E-state index in [1.165, 1.54) is 19.3 Å². The quantitative estimate of drug-likeness (QED) is 0.855. The minimum Gasteiger partial charge on any atom is -0.341 e. The van der Waals surface area contributed by atoms with Crippen LogP contribution in [0.2, 0.25) is 0 Å². The zero-order chi connectivity index (χ0) is 17.4. The van der Waals surface area contributed by atoms with Gasteiger partial charge in [-0.25, -0.2) is 9.67 Å². The first-order valence-electron chi connectivity index (χ1n) is 9.07. The molecular formula is C17H25N7O. The molecule has 0 radical (unpaired) electrons. The third-order valence-corrected chi connectivity index (χ3v) is 5.48. The lowest BCUT2D eigenvalue weighted by molar-refractivity contribution is 0.0897. The number of nitrogens with one attached hydrogen (secondary N) is 1. The van der Waals surface area contributed by atoms with Gasteiger partial charge >= 0.3 is 0 Å². The molecule has 0 aliphatic heterocycles. The van der Waals surface area contributed by atoms with E-state index in [1.807, 2.05) is 13.2 Å². The number of nitrogens with zero attached hydrogens (tertiary/aromatic N) is 5. The number of nitrogens with two attached hydrogens (primary N) is 1. The van der Waals surface area contributed by atoms with Gasteiger partial charge in [-0.1, -0.05) is 24.5 Å². The molecule has 1 atom stereocenters. The van der Waals surface area contributed by atoms with Crippen molar-refractivity contribution in [2.24, 2.45) is 18.7 Å². The van der Waals surface area contributed by atoms with Gasteiger partial charge in [0.15, 0.2) is 5.82 Å². The number of aromatic nitrogens is 5. The summed E-state index contributed by atoms with van der Waals surface area (Å²) in [4.78, 5) is 16.8. The molecule has 0 aromatic carbocycles. The molecule has 2 fully saturated rings. The first-order chi connectivity index (χ1) is 12.1.